The summed E-state index contributed by atoms with van der Waals surface area (Å²) in [6, 6.07) is 6.59. The lowest BCUT2D eigenvalue weighted by atomic mass is 10.1. The Morgan fingerprint density at radius 2 is 2.00 bits per heavy atom. The number of benzene rings is 2. The number of ether oxygens (including phenoxy) is 2. The van der Waals surface area contributed by atoms with E-state index in [9.17, 15) is 24.1 Å². The average molecular weight is 437 g/mol. The minimum Gasteiger partial charge on any atom is -0.454 e. The van der Waals surface area contributed by atoms with E-state index in [1.54, 1.807) is 0 Å². The van der Waals surface area contributed by atoms with Crippen LogP contribution in [0.5, 0.6) is 11.5 Å². The lowest BCUT2D eigenvalue weighted by Gasteiger charge is -2.14. The van der Waals surface area contributed by atoms with Gasteiger partial charge in [0.1, 0.15) is 5.82 Å². The van der Waals surface area contributed by atoms with Crippen LogP contribution in [-0.2, 0) is 11.3 Å². The van der Waals surface area contributed by atoms with Crippen molar-refractivity contribution in [3.05, 3.63) is 67.3 Å². The molecule has 11 heteroatoms. The Bertz CT molecular complexity index is 1090. The van der Waals surface area contributed by atoms with E-state index in [0.717, 1.165) is 4.90 Å². The van der Waals surface area contributed by atoms with Gasteiger partial charge in [-0.2, -0.15) is 0 Å². The van der Waals surface area contributed by atoms with Gasteiger partial charge in [-0.25, -0.2) is 4.39 Å². The van der Waals surface area contributed by atoms with Gasteiger partial charge in [-0.3, -0.25) is 24.6 Å². The molecular formula is C18H10ClFN2O6S. The van der Waals surface area contributed by atoms with E-state index >= 15 is 0 Å². The molecule has 2 aliphatic heterocycles. The molecule has 2 aromatic rings. The first-order chi connectivity index (χ1) is 13.8. The molecule has 0 aromatic heterocycles. The molecule has 4 rings (SSSR count). The molecule has 2 heterocycles. The highest BCUT2D eigenvalue weighted by Gasteiger charge is 2.36. The summed E-state index contributed by atoms with van der Waals surface area (Å²) < 4.78 is 24.4. The number of imide groups is 1. The van der Waals surface area contributed by atoms with E-state index in [1.165, 1.54) is 36.4 Å². The number of amides is 2. The number of carbonyl (C=O) groups excluding carboxylic acids is 2. The van der Waals surface area contributed by atoms with Crippen molar-refractivity contribution < 1.29 is 28.4 Å². The fraction of sp³-hybridized carbons (Fsp3) is 0.111. The highest BCUT2D eigenvalue weighted by molar-refractivity contribution is 8.18. The average Bonchev–Trinajstić information content (AvgIpc) is 3.22. The van der Waals surface area contributed by atoms with Crippen molar-refractivity contribution >= 4 is 46.3 Å². The Labute approximate surface area is 172 Å². The highest BCUT2D eigenvalue weighted by Crippen LogP contribution is 2.41. The van der Waals surface area contributed by atoms with Crippen molar-refractivity contribution in [2.45, 2.75) is 6.54 Å². The second-order valence-corrected chi connectivity index (χ2v) is 7.39. The Balaban J connectivity index is 1.67. The summed E-state index contributed by atoms with van der Waals surface area (Å²) in [4.78, 5) is 36.5. The molecule has 148 valence electrons. The monoisotopic (exact) mass is 436 g/mol. The maximum Gasteiger partial charge on any atom is 0.293 e. The van der Waals surface area contributed by atoms with Gasteiger partial charge in [-0.05, 0) is 36.0 Å². The molecule has 0 unspecified atom stereocenters. The summed E-state index contributed by atoms with van der Waals surface area (Å²) in [5, 5.41) is 10.8. The third-order valence-corrected chi connectivity index (χ3v) is 5.52. The molecule has 1 fully saturated rings. The van der Waals surface area contributed by atoms with Gasteiger partial charge in [0.15, 0.2) is 11.5 Å². The van der Waals surface area contributed by atoms with Crippen molar-refractivity contribution in [2.75, 3.05) is 6.79 Å². The van der Waals surface area contributed by atoms with E-state index in [2.05, 4.69) is 0 Å². The number of nitro benzene ring substituents is 1. The molecule has 2 aliphatic rings. The summed E-state index contributed by atoms with van der Waals surface area (Å²) in [7, 11) is 0. The zero-order chi connectivity index (χ0) is 20.7. The maximum absolute atomic E-state index is 14.0. The van der Waals surface area contributed by atoms with Crippen molar-refractivity contribution in [2.24, 2.45) is 0 Å². The molecule has 8 nitrogen and oxygen atoms in total. The third-order valence-electron chi connectivity index (χ3n) is 4.26. The van der Waals surface area contributed by atoms with Gasteiger partial charge in [0, 0.05) is 10.6 Å². The minimum absolute atomic E-state index is 0.00627. The standard InChI is InChI=1S/C18H10ClFN2O6S/c19-11-2-1-3-12(20)10(11)7-21-17(23)16(29-18(21)24)5-9-4-14-15(28-8-27-14)6-13(9)22(25)26/h1-6H,7-8H2/b16-5-. The number of nitrogens with zero attached hydrogens (tertiary/aromatic N) is 2. The van der Waals surface area contributed by atoms with Crippen LogP contribution < -0.4 is 9.47 Å². The number of carbonyl (C=O) groups is 2. The SMILES string of the molecule is O=C1S/C(=C\c2cc3c(cc2[N+](=O)[O-])OCO3)C(=O)N1Cc1c(F)cccc1Cl. The third kappa shape index (κ3) is 3.52. The van der Waals surface area contributed by atoms with Gasteiger partial charge in [-0.15, -0.1) is 0 Å². The summed E-state index contributed by atoms with van der Waals surface area (Å²) in [6.07, 6.45) is 1.23. The van der Waals surface area contributed by atoms with Crippen LogP contribution in [0, 0.1) is 15.9 Å². The van der Waals surface area contributed by atoms with Crippen LogP contribution in [-0.4, -0.2) is 27.8 Å². The van der Waals surface area contributed by atoms with E-state index < -0.39 is 21.9 Å². The maximum atomic E-state index is 14.0. The fourth-order valence-electron chi connectivity index (χ4n) is 2.84. The molecule has 2 aromatic carbocycles. The van der Waals surface area contributed by atoms with E-state index in [1.807, 2.05) is 0 Å². The van der Waals surface area contributed by atoms with E-state index in [0.29, 0.717) is 17.5 Å². The number of fused-ring (bicyclic) bond motifs is 1. The summed E-state index contributed by atoms with van der Waals surface area (Å²) in [5.41, 5.74) is -0.223. The van der Waals surface area contributed by atoms with Crippen LogP contribution in [0.3, 0.4) is 0 Å². The first-order valence-corrected chi connectivity index (χ1v) is 9.31. The predicted octanol–water partition coefficient (Wildman–Crippen LogP) is 4.35. The van der Waals surface area contributed by atoms with Crippen LogP contribution in [0.25, 0.3) is 6.08 Å². The quantitative estimate of drug-likeness (QED) is 0.399. The predicted molar refractivity (Wildman–Crippen MR) is 102 cm³/mol. The van der Waals surface area contributed by atoms with Gasteiger partial charge in [0.05, 0.1) is 28.0 Å². The second kappa shape index (κ2) is 7.37. The van der Waals surface area contributed by atoms with Gasteiger partial charge in [-0.1, -0.05) is 17.7 Å². The molecule has 0 spiro atoms. The molecule has 2 amide bonds. The van der Waals surface area contributed by atoms with Crippen molar-refractivity contribution in [1.82, 2.24) is 4.90 Å². The van der Waals surface area contributed by atoms with E-state index in [4.69, 9.17) is 21.1 Å². The van der Waals surface area contributed by atoms with Gasteiger partial charge >= 0.3 is 0 Å². The molecular weight excluding hydrogens is 427 g/mol. The highest BCUT2D eigenvalue weighted by atomic mass is 35.5. The molecule has 1 saturated heterocycles. The largest absolute Gasteiger partial charge is 0.454 e. The summed E-state index contributed by atoms with van der Waals surface area (Å²) >= 11 is 6.57. The molecule has 0 aliphatic carbocycles. The van der Waals surface area contributed by atoms with Crippen molar-refractivity contribution in [1.29, 1.82) is 0 Å². The van der Waals surface area contributed by atoms with Gasteiger partial charge < -0.3 is 9.47 Å². The second-order valence-electron chi connectivity index (χ2n) is 5.99. The lowest BCUT2D eigenvalue weighted by molar-refractivity contribution is -0.385. The Morgan fingerprint density at radius 1 is 1.28 bits per heavy atom. The van der Waals surface area contributed by atoms with Crippen molar-refractivity contribution in [3.8, 4) is 11.5 Å². The van der Waals surface area contributed by atoms with Crippen LogP contribution >= 0.6 is 23.4 Å². The molecule has 0 bridgehead atoms. The topological polar surface area (TPSA) is 99.0 Å². The Kier molecular flexibility index (Phi) is 4.89. The molecule has 0 saturated carbocycles. The van der Waals surface area contributed by atoms with Gasteiger partial charge in [0.2, 0.25) is 6.79 Å². The van der Waals surface area contributed by atoms with E-state index in [-0.39, 0.29) is 45.8 Å². The number of hydrogen-bond donors (Lipinski definition) is 0. The smallest absolute Gasteiger partial charge is 0.293 e. The van der Waals surface area contributed by atoms with Crippen LogP contribution in [0.15, 0.2) is 35.2 Å². The zero-order valence-electron chi connectivity index (χ0n) is 14.4. The zero-order valence-corrected chi connectivity index (χ0v) is 16.0. The van der Waals surface area contributed by atoms with Crippen molar-refractivity contribution in [3.63, 3.8) is 0 Å². The van der Waals surface area contributed by atoms with Crippen LogP contribution in [0.2, 0.25) is 5.02 Å². The first-order valence-electron chi connectivity index (χ1n) is 8.11. The summed E-state index contributed by atoms with van der Waals surface area (Å²) in [6.45, 7) is -0.424. The fourth-order valence-corrected chi connectivity index (χ4v) is 3.89. The Morgan fingerprint density at radius 3 is 2.69 bits per heavy atom. The number of nitro groups is 1. The number of hydrogen-bond acceptors (Lipinski definition) is 7. The molecule has 0 atom stereocenters. The van der Waals surface area contributed by atoms with Gasteiger partial charge in [0.25, 0.3) is 16.8 Å². The summed E-state index contributed by atoms with van der Waals surface area (Å²) in [5.74, 6) is -0.839. The van der Waals surface area contributed by atoms with Crippen LogP contribution in [0.4, 0.5) is 14.9 Å². The Hall–Kier alpha value is -3.11. The lowest BCUT2D eigenvalue weighted by Crippen LogP contribution is -2.28. The minimum atomic E-state index is -0.703. The van der Waals surface area contributed by atoms with Crippen LogP contribution in [0.1, 0.15) is 11.1 Å². The normalized spacial score (nSPS) is 16.8. The number of thioether (sulfide) groups is 1. The number of rotatable bonds is 4. The molecule has 0 N–H and O–H groups in total. The molecule has 29 heavy (non-hydrogen) atoms. The molecule has 0 radical (unpaired) electrons. The first kappa shape index (κ1) is 19.2. The number of halogens is 2.